The summed E-state index contributed by atoms with van der Waals surface area (Å²) in [5.74, 6) is -3.39. The summed E-state index contributed by atoms with van der Waals surface area (Å²) in [4.78, 5) is 33.6. The Bertz CT molecular complexity index is 518. The van der Waals surface area contributed by atoms with E-state index >= 15 is 0 Å². The highest BCUT2D eigenvalue weighted by atomic mass is 16.5. The lowest BCUT2D eigenvalue weighted by Crippen LogP contribution is -2.15. The Kier molecular flexibility index (Phi) is 4.04. The second-order valence-electron chi connectivity index (χ2n) is 3.49. The summed E-state index contributed by atoms with van der Waals surface area (Å²) in [6.45, 7) is 3.05. The van der Waals surface area contributed by atoms with Crippen molar-refractivity contribution in [3.63, 3.8) is 0 Å². The van der Waals surface area contributed by atoms with E-state index in [1.807, 2.05) is 0 Å². The van der Waals surface area contributed by atoms with Crippen LogP contribution in [0.5, 0.6) is 0 Å². The number of esters is 1. The molecule has 96 valence electrons. The highest BCUT2D eigenvalue weighted by Crippen LogP contribution is 2.20. The summed E-state index contributed by atoms with van der Waals surface area (Å²) in [5.41, 5.74) is -0.610. The maximum Gasteiger partial charge on any atom is 0.339 e. The van der Waals surface area contributed by atoms with Crippen molar-refractivity contribution in [3.05, 3.63) is 34.4 Å². The fourth-order valence-corrected chi connectivity index (χ4v) is 1.60. The van der Waals surface area contributed by atoms with E-state index in [2.05, 4.69) is 0 Å². The normalized spacial score (nSPS) is 9.89. The van der Waals surface area contributed by atoms with Gasteiger partial charge in [-0.2, -0.15) is 0 Å². The Morgan fingerprint density at radius 1 is 1.11 bits per heavy atom. The molecular weight excluding hydrogens is 240 g/mol. The number of carboxylic acid groups (broad SMARTS) is 2. The zero-order chi connectivity index (χ0) is 13.9. The number of carbonyl (C=O) groups excluding carboxylic acids is 1. The lowest BCUT2D eigenvalue weighted by molar-refractivity contribution is 0.0513. The highest BCUT2D eigenvalue weighted by Gasteiger charge is 2.23. The van der Waals surface area contributed by atoms with Crippen LogP contribution >= 0.6 is 0 Å². The van der Waals surface area contributed by atoms with Crippen LogP contribution in [0.25, 0.3) is 0 Å². The van der Waals surface area contributed by atoms with Gasteiger partial charge in [-0.3, -0.25) is 0 Å². The minimum Gasteiger partial charge on any atom is -0.478 e. The number of carbonyl (C=O) groups is 3. The molecule has 0 unspecified atom stereocenters. The van der Waals surface area contributed by atoms with Crippen LogP contribution in [0.1, 0.15) is 43.6 Å². The molecule has 6 heteroatoms. The van der Waals surface area contributed by atoms with Crippen LogP contribution < -0.4 is 0 Å². The molecule has 0 fully saturated rings. The van der Waals surface area contributed by atoms with E-state index in [9.17, 15) is 14.4 Å². The van der Waals surface area contributed by atoms with Crippen LogP contribution in [0.2, 0.25) is 0 Å². The number of hydrogen-bond donors (Lipinski definition) is 2. The lowest BCUT2D eigenvalue weighted by Gasteiger charge is -2.10. The van der Waals surface area contributed by atoms with Gasteiger partial charge in [-0.1, -0.05) is 0 Å². The van der Waals surface area contributed by atoms with Crippen molar-refractivity contribution in [2.45, 2.75) is 13.8 Å². The molecule has 18 heavy (non-hydrogen) atoms. The van der Waals surface area contributed by atoms with Gasteiger partial charge in [0.1, 0.15) is 0 Å². The van der Waals surface area contributed by atoms with Crippen LogP contribution in [-0.4, -0.2) is 34.7 Å². The first-order chi connectivity index (χ1) is 8.40. The maximum absolute atomic E-state index is 11.6. The summed E-state index contributed by atoms with van der Waals surface area (Å²) < 4.78 is 4.72. The Balaban J connectivity index is 3.46. The van der Waals surface area contributed by atoms with Gasteiger partial charge < -0.3 is 14.9 Å². The van der Waals surface area contributed by atoms with Crippen LogP contribution in [0.4, 0.5) is 0 Å². The van der Waals surface area contributed by atoms with Gasteiger partial charge in [0, 0.05) is 0 Å². The van der Waals surface area contributed by atoms with Gasteiger partial charge in [-0.15, -0.1) is 0 Å². The predicted molar refractivity (Wildman–Crippen MR) is 61.1 cm³/mol. The van der Waals surface area contributed by atoms with Gasteiger partial charge in [0.15, 0.2) is 0 Å². The quantitative estimate of drug-likeness (QED) is 0.789. The molecule has 1 aromatic rings. The number of rotatable bonds is 4. The minimum absolute atomic E-state index is 0.0283. The van der Waals surface area contributed by atoms with Gasteiger partial charge >= 0.3 is 17.9 Å². The van der Waals surface area contributed by atoms with Crippen LogP contribution in [0.15, 0.2) is 12.1 Å². The third kappa shape index (κ3) is 2.48. The predicted octanol–water partition coefficient (Wildman–Crippen LogP) is 1.57. The van der Waals surface area contributed by atoms with Crippen molar-refractivity contribution < 1.29 is 29.3 Å². The third-order valence-corrected chi connectivity index (χ3v) is 2.40. The molecule has 6 nitrogen and oxygen atoms in total. The summed E-state index contributed by atoms with van der Waals surface area (Å²) in [5, 5.41) is 18.0. The average molecular weight is 252 g/mol. The summed E-state index contributed by atoms with van der Waals surface area (Å²) in [7, 11) is 0. The summed E-state index contributed by atoms with van der Waals surface area (Å²) in [6, 6.07) is 2.34. The number of ether oxygens (including phenoxy) is 1. The molecule has 0 bridgehead atoms. The first-order valence-corrected chi connectivity index (χ1v) is 5.17. The van der Waals surface area contributed by atoms with Crippen molar-refractivity contribution in [1.29, 1.82) is 0 Å². The monoisotopic (exact) mass is 252 g/mol. The lowest BCUT2D eigenvalue weighted by atomic mass is 9.97. The molecule has 0 spiro atoms. The molecule has 2 N–H and O–H groups in total. The van der Waals surface area contributed by atoms with Crippen molar-refractivity contribution in [2.24, 2.45) is 0 Å². The van der Waals surface area contributed by atoms with Crippen molar-refractivity contribution in [3.8, 4) is 0 Å². The molecule has 1 rings (SSSR count). The van der Waals surface area contributed by atoms with E-state index in [0.717, 1.165) is 6.07 Å². The largest absolute Gasteiger partial charge is 0.478 e. The number of hydrogen-bond acceptors (Lipinski definition) is 4. The van der Waals surface area contributed by atoms with E-state index in [1.54, 1.807) is 6.92 Å². The van der Waals surface area contributed by atoms with E-state index in [1.165, 1.54) is 13.0 Å². The Morgan fingerprint density at radius 3 is 2.11 bits per heavy atom. The molecule has 0 amide bonds. The van der Waals surface area contributed by atoms with Gasteiger partial charge in [-0.05, 0) is 31.5 Å². The molecular formula is C12H12O6. The molecule has 0 saturated carbocycles. The Morgan fingerprint density at radius 2 is 1.67 bits per heavy atom. The van der Waals surface area contributed by atoms with Gasteiger partial charge in [0.05, 0.1) is 23.3 Å². The molecule has 0 aliphatic rings. The Hall–Kier alpha value is -2.37. The molecule has 0 saturated heterocycles. The molecule has 0 aliphatic heterocycles. The standard InChI is InChI=1S/C12H12O6/c1-3-18-12(17)8-5-4-7(10(13)14)6(2)9(8)11(15)16/h4-5H,3H2,1-2H3,(H,13,14)(H,15,16). The maximum atomic E-state index is 11.6. The molecule has 0 radical (unpaired) electrons. The Labute approximate surface area is 103 Å². The van der Waals surface area contributed by atoms with E-state index in [4.69, 9.17) is 14.9 Å². The summed E-state index contributed by atoms with van der Waals surface area (Å²) in [6.07, 6.45) is 0. The highest BCUT2D eigenvalue weighted by molar-refractivity contribution is 6.06. The number of carboxylic acids is 2. The van der Waals surface area contributed by atoms with Crippen LogP contribution in [0, 0.1) is 6.92 Å². The molecule has 0 aromatic heterocycles. The summed E-state index contributed by atoms with van der Waals surface area (Å²) >= 11 is 0. The van der Waals surface area contributed by atoms with Crippen LogP contribution in [-0.2, 0) is 4.74 Å². The topological polar surface area (TPSA) is 101 Å². The molecule has 0 atom stereocenters. The first-order valence-electron chi connectivity index (χ1n) is 5.17. The van der Waals surface area contributed by atoms with Crippen molar-refractivity contribution in [1.82, 2.24) is 0 Å². The van der Waals surface area contributed by atoms with Gasteiger partial charge in [0.2, 0.25) is 0 Å². The van der Waals surface area contributed by atoms with Gasteiger partial charge in [0.25, 0.3) is 0 Å². The molecule has 0 aliphatic carbocycles. The number of benzene rings is 1. The van der Waals surface area contributed by atoms with Crippen LogP contribution in [0.3, 0.4) is 0 Å². The average Bonchev–Trinajstić information content (AvgIpc) is 2.27. The third-order valence-electron chi connectivity index (χ3n) is 2.40. The fourth-order valence-electron chi connectivity index (χ4n) is 1.60. The zero-order valence-electron chi connectivity index (χ0n) is 9.89. The fraction of sp³-hybridized carbons (Fsp3) is 0.250. The SMILES string of the molecule is CCOC(=O)c1ccc(C(=O)O)c(C)c1C(=O)O. The van der Waals surface area contributed by atoms with Crippen molar-refractivity contribution in [2.75, 3.05) is 6.61 Å². The van der Waals surface area contributed by atoms with E-state index in [-0.39, 0.29) is 28.9 Å². The van der Waals surface area contributed by atoms with Crippen molar-refractivity contribution >= 4 is 17.9 Å². The zero-order valence-corrected chi connectivity index (χ0v) is 9.89. The molecule has 1 aromatic carbocycles. The second-order valence-corrected chi connectivity index (χ2v) is 3.49. The van der Waals surface area contributed by atoms with E-state index in [0.29, 0.717) is 0 Å². The molecule has 0 heterocycles. The van der Waals surface area contributed by atoms with Gasteiger partial charge in [-0.25, -0.2) is 14.4 Å². The van der Waals surface area contributed by atoms with E-state index < -0.39 is 17.9 Å². The number of aromatic carboxylic acids is 2. The smallest absolute Gasteiger partial charge is 0.339 e. The second kappa shape index (κ2) is 5.31. The minimum atomic E-state index is -1.36. The first kappa shape index (κ1) is 13.7.